The van der Waals surface area contributed by atoms with E-state index in [0.717, 1.165) is 42.4 Å². The average Bonchev–Trinajstić information content (AvgIpc) is 3.44. The zero-order valence-corrected chi connectivity index (χ0v) is 25.2. The number of benzene rings is 2. The van der Waals surface area contributed by atoms with Gasteiger partial charge in [-0.1, -0.05) is 62.2 Å². The molecule has 1 aromatic heterocycles. The molecular formula is C32H43FN6O4. The van der Waals surface area contributed by atoms with Crippen molar-refractivity contribution in [2.75, 3.05) is 25.5 Å². The van der Waals surface area contributed by atoms with Crippen molar-refractivity contribution in [3.63, 3.8) is 0 Å². The first kappa shape index (κ1) is 33.2. The molecule has 2 amide bonds. The number of allylic oxidation sites excluding steroid dienone is 2. The van der Waals surface area contributed by atoms with Crippen LogP contribution in [0, 0.1) is 11.8 Å². The van der Waals surface area contributed by atoms with Gasteiger partial charge in [0.15, 0.2) is 0 Å². The van der Waals surface area contributed by atoms with Gasteiger partial charge in [0, 0.05) is 30.9 Å². The topological polar surface area (TPSA) is 118 Å². The summed E-state index contributed by atoms with van der Waals surface area (Å²) in [6.07, 6.45) is 11.2. The van der Waals surface area contributed by atoms with E-state index in [0.29, 0.717) is 6.54 Å². The third-order valence-electron chi connectivity index (χ3n) is 7.30. The average molecular weight is 595 g/mol. The molecule has 0 radical (unpaired) electrons. The number of likely N-dealkylation sites (tertiary alicyclic amines) is 1. The lowest BCUT2D eigenvalue weighted by molar-refractivity contribution is -0.185. The van der Waals surface area contributed by atoms with Crippen LogP contribution >= 0.6 is 0 Å². The number of hydrogen-bond acceptors (Lipinski definition) is 7. The molecule has 2 heterocycles. The molecule has 3 atom stereocenters. The van der Waals surface area contributed by atoms with Gasteiger partial charge in [-0.2, -0.15) is 15.0 Å². The van der Waals surface area contributed by atoms with Crippen LogP contribution in [-0.2, 0) is 26.4 Å². The van der Waals surface area contributed by atoms with Crippen molar-refractivity contribution < 1.29 is 23.9 Å². The normalized spacial score (nSPS) is 18.7. The van der Waals surface area contributed by atoms with E-state index in [2.05, 4.69) is 38.8 Å². The van der Waals surface area contributed by atoms with E-state index in [4.69, 9.17) is 0 Å². The minimum absolute atomic E-state index is 0.0325. The highest BCUT2D eigenvalue weighted by molar-refractivity contribution is 5.89. The fourth-order valence-electron chi connectivity index (χ4n) is 4.85. The zero-order chi connectivity index (χ0) is 31.0. The third kappa shape index (κ3) is 10.8. The second kappa shape index (κ2) is 17.6. The highest BCUT2D eigenvalue weighted by atomic mass is 19.3. The van der Waals surface area contributed by atoms with Gasteiger partial charge >= 0.3 is 5.97 Å². The van der Waals surface area contributed by atoms with Crippen molar-refractivity contribution in [2.24, 2.45) is 18.9 Å². The number of nitrogens with zero attached hydrogens (tertiary/aromatic N) is 4. The Morgan fingerprint density at radius 3 is 2.35 bits per heavy atom. The van der Waals surface area contributed by atoms with Crippen LogP contribution in [0.4, 0.5) is 10.2 Å². The second-order valence-electron chi connectivity index (χ2n) is 10.6. The van der Waals surface area contributed by atoms with E-state index in [1.807, 2.05) is 67.7 Å². The Balaban J connectivity index is 0.000000186. The number of nitrogens with one attached hydrogen (secondary N) is 2. The summed E-state index contributed by atoms with van der Waals surface area (Å²) in [5, 5.41) is 13.9. The third-order valence-corrected chi connectivity index (χ3v) is 7.30. The number of carbonyl (C=O) groups excluding carboxylic acids is 3. The largest absolute Gasteiger partial charge is 0.376 e. The van der Waals surface area contributed by atoms with E-state index in [1.165, 1.54) is 19.3 Å². The summed E-state index contributed by atoms with van der Waals surface area (Å²) < 4.78 is 11.5. The summed E-state index contributed by atoms with van der Waals surface area (Å²) in [6, 6.07) is 17.1. The molecule has 3 aromatic rings. The van der Waals surface area contributed by atoms with Gasteiger partial charge in [-0.05, 0) is 62.3 Å². The molecule has 2 aliphatic rings. The molecular weight excluding hydrogens is 551 g/mol. The minimum atomic E-state index is -0.715. The standard InChI is InChI=1S/C14H19N3O2.C11H17FO2.C7H7N3/c1-15-14(19)12-8-5-9-17(12)13(18)10-16-11-6-3-2-4-7-11;1-2-3-4-5-6-7-9-8-10(9)11(13)14-12;1-10-8-6-4-2-3-5-7(6)9-10/h2-4,6-7,12,16H,5,8-10H2,1H3,(H,15,19);6-7,9-10H,2-5,8H2,1H3;2-5H,1H3/b;7-6-;/t;9?,10-;/m.0./s1. The van der Waals surface area contributed by atoms with Crippen LogP contribution in [0.15, 0.2) is 66.7 Å². The number of amides is 2. The van der Waals surface area contributed by atoms with Crippen LogP contribution < -0.4 is 10.6 Å². The number of anilines is 1. The van der Waals surface area contributed by atoms with E-state index in [1.54, 1.807) is 16.7 Å². The van der Waals surface area contributed by atoms with E-state index >= 15 is 0 Å². The fourth-order valence-corrected chi connectivity index (χ4v) is 4.85. The van der Waals surface area contributed by atoms with Gasteiger partial charge in [0.2, 0.25) is 11.8 Å². The maximum Gasteiger partial charge on any atom is 0.352 e. The lowest BCUT2D eigenvalue weighted by Gasteiger charge is -2.23. The number of aryl methyl sites for hydroxylation is 1. The highest BCUT2D eigenvalue weighted by Crippen LogP contribution is 2.40. The quantitative estimate of drug-likeness (QED) is 0.251. The van der Waals surface area contributed by atoms with Gasteiger partial charge in [0.1, 0.15) is 17.1 Å². The van der Waals surface area contributed by atoms with Crippen LogP contribution in [0.1, 0.15) is 51.9 Å². The first-order valence-electron chi connectivity index (χ1n) is 14.9. The predicted molar refractivity (Wildman–Crippen MR) is 164 cm³/mol. The Labute approximate surface area is 252 Å². The number of halogens is 1. The fraction of sp³-hybridized carbons (Fsp3) is 0.469. The van der Waals surface area contributed by atoms with Crippen LogP contribution in [0.3, 0.4) is 0 Å². The number of rotatable bonds is 10. The number of para-hydroxylation sites is 1. The van der Waals surface area contributed by atoms with Gasteiger partial charge in [-0.25, -0.2) is 4.79 Å². The van der Waals surface area contributed by atoms with Gasteiger partial charge in [0.05, 0.1) is 12.5 Å². The number of likely N-dealkylation sites (N-methyl/N-ethyl adjacent to an activating group) is 1. The summed E-state index contributed by atoms with van der Waals surface area (Å²) in [7, 11) is 3.42. The zero-order valence-electron chi connectivity index (χ0n) is 25.2. The molecule has 0 spiro atoms. The molecule has 1 saturated carbocycles. The Hall–Kier alpha value is -4.28. The molecule has 1 saturated heterocycles. The Morgan fingerprint density at radius 2 is 1.72 bits per heavy atom. The lowest BCUT2D eigenvalue weighted by Crippen LogP contribution is -2.46. The first-order chi connectivity index (χ1) is 20.9. The van der Waals surface area contributed by atoms with Crippen molar-refractivity contribution >= 4 is 34.5 Å². The SMILES string of the molecule is CCCCC/C=C\C1C[C@@H]1C(=O)OF.CNC(=O)C1CCCN1C(=O)CNc1ccccc1.Cn1nc2ccccc2n1. The highest BCUT2D eigenvalue weighted by Gasteiger charge is 2.43. The number of unbranched alkanes of at least 4 members (excludes halogenated alkanes) is 3. The molecule has 232 valence electrons. The van der Waals surface area contributed by atoms with Crippen LogP contribution in [-0.4, -0.2) is 63.9 Å². The van der Waals surface area contributed by atoms with Gasteiger partial charge < -0.3 is 15.5 Å². The molecule has 5 rings (SSSR count). The molecule has 2 N–H and O–H groups in total. The maximum absolute atomic E-state index is 12.1. The molecule has 11 heteroatoms. The molecule has 2 aromatic carbocycles. The molecule has 1 aliphatic heterocycles. The predicted octanol–water partition coefficient (Wildman–Crippen LogP) is 4.99. The van der Waals surface area contributed by atoms with Crippen molar-refractivity contribution in [3.8, 4) is 0 Å². The molecule has 2 unspecified atom stereocenters. The molecule has 2 fully saturated rings. The van der Waals surface area contributed by atoms with Gasteiger partial charge in [0.25, 0.3) is 0 Å². The van der Waals surface area contributed by atoms with E-state index in [-0.39, 0.29) is 36.2 Å². The molecule has 1 aliphatic carbocycles. The summed E-state index contributed by atoms with van der Waals surface area (Å²) in [4.78, 5) is 40.9. The number of aromatic nitrogens is 3. The Morgan fingerprint density at radius 1 is 1.05 bits per heavy atom. The lowest BCUT2D eigenvalue weighted by atomic mass is 10.2. The maximum atomic E-state index is 12.1. The second-order valence-corrected chi connectivity index (χ2v) is 10.6. The smallest absolute Gasteiger partial charge is 0.352 e. The monoisotopic (exact) mass is 594 g/mol. The van der Waals surface area contributed by atoms with Crippen molar-refractivity contribution in [3.05, 3.63) is 66.7 Å². The van der Waals surface area contributed by atoms with Crippen LogP contribution in [0.25, 0.3) is 11.0 Å². The van der Waals surface area contributed by atoms with Gasteiger partial charge in [-0.3, -0.25) is 14.5 Å². The van der Waals surface area contributed by atoms with Gasteiger partial charge in [-0.15, -0.1) is 0 Å². The summed E-state index contributed by atoms with van der Waals surface area (Å²) in [6.45, 7) is 3.04. The molecule has 43 heavy (non-hydrogen) atoms. The van der Waals surface area contributed by atoms with E-state index in [9.17, 15) is 18.9 Å². The minimum Gasteiger partial charge on any atom is -0.376 e. The van der Waals surface area contributed by atoms with Crippen molar-refractivity contribution in [2.45, 2.75) is 57.9 Å². The van der Waals surface area contributed by atoms with Crippen LogP contribution in [0.2, 0.25) is 0 Å². The van der Waals surface area contributed by atoms with Crippen LogP contribution in [0.5, 0.6) is 0 Å². The molecule has 0 bridgehead atoms. The number of hydrogen-bond donors (Lipinski definition) is 2. The van der Waals surface area contributed by atoms with E-state index < -0.39 is 5.97 Å². The first-order valence-corrected chi connectivity index (χ1v) is 14.9. The number of carbonyl (C=O) groups is 3. The summed E-state index contributed by atoms with van der Waals surface area (Å²) in [5.74, 6) is -0.823. The molecule has 10 nitrogen and oxygen atoms in total. The summed E-state index contributed by atoms with van der Waals surface area (Å²) >= 11 is 0. The summed E-state index contributed by atoms with van der Waals surface area (Å²) in [5.41, 5.74) is 2.81. The Kier molecular flexibility index (Phi) is 13.6. The van der Waals surface area contributed by atoms with Crippen molar-refractivity contribution in [1.29, 1.82) is 0 Å². The number of fused-ring (bicyclic) bond motifs is 1. The van der Waals surface area contributed by atoms with Crippen molar-refractivity contribution in [1.82, 2.24) is 25.2 Å². The Bertz CT molecular complexity index is 1300.